The summed E-state index contributed by atoms with van der Waals surface area (Å²) in [4.78, 5) is 2.38. The molecule has 0 bridgehead atoms. The van der Waals surface area contributed by atoms with Crippen molar-refractivity contribution in [2.24, 2.45) is 5.92 Å². The van der Waals surface area contributed by atoms with E-state index >= 15 is 0 Å². The molecule has 0 amide bonds. The van der Waals surface area contributed by atoms with Gasteiger partial charge in [0.2, 0.25) is 0 Å². The highest BCUT2D eigenvalue weighted by atomic mass is 79.9. The van der Waals surface area contributed by atoms with E-state index in [2.05, 4.69) is 26.1 Å². The van der Waals surface area contributed by atoms with E-state index in [1.54, 1.807) is 6.07 Å². The van der Waals surface area contributed by atoms with E-state index in [0.29, 0.717) is 10.5 Å². The molecule has 0 radical (unpaired) electrons. The van der Waals surface area contributed by atoms with Gasteiger partial charge >= 0.3 is 0 Å². The fourth-order valence-electron chi connectivity index (χ4n) is 2.68. The first-order valence-electron chi connectivity index (χ1n) is 6.67. The maximum Gasteiger partial charge on any atom is 0.137 e. The van der Waals surface area contributed by atoms with Crippen LogP contribution >= 0.6 is 15.9 Å². The Hall–Kier alpha value is -0.610. The fraction of sp³-hybridized carbons (Fsp3) is 0.571. The maximum atomic E-state index is 13.3. The summed E-state index contributed by atoms with van der Waals surface area (Å²) in [5.41, 5.74) is 1.12. The van der Waals surface area contributed by atoms with Crippen LogP contribution in [0.5, 0.6) is 0 Å². The predicted octanol–water partition coefficient (Wildman–Crippen LogP) is 3.17. The summed E-state index contributed by atoms with van der Waals surface area (Å²) in [7, 11) is 0. The quantitative estimate of drug-likeness (QED) is 0.902. The third kappa shape index (κ3) is 2.69. The van der Waals surface area contributed by atoms with Gasteiger partial charge < -0.3 is 10.2 Å². The number of rotatable bonds is 2. The number of hydrogen-bond acceptors (Lipinski definition) is 2. The summed E-state index contributed by atoms with van der Waals surface area (Å²) >= 11 is 3.27. The average Bonchev–Trinajstić information content (AvgIpc) is 3.16. The van der Waals surface area contributed by atoms with E-state index in [9.17, 15) is 4.39 Å². The minimum absolute atomic E-state index is 0.189. The zero-order valence-electron chi connectivity index (χ0n) is 10.3. The van der Waals surface area contributed by atoms with Gasteiger partial charge in [0, 0.05) is 24.8 Å². The Kier molecular flexibility index (Phi) is 3.57. The molecule has 1 aromatic rings. The van der Waals surface area contributed by atoms with Gasteiger partial charge in [-0.05, 0) is 65.9 Å². The highest BCUT2D eigenvalue weighted by Gasteiger charge is 2.33. The second kappa shape index (κ2) is 5.17. The highest BCUT2D eigenvalue weighted by Crippen LogP contribution is 2.34. The molecule has 1 heterocycles. The zero-order chi connectivity index (χ0) is 12.5. The Bertz CT molecular complexity index is 434. The molecular formula is C14H18BrFN2. The van der Waals surface area contributed by atoms with Gasteiger partial charge in [-0.15, -0.1) is 0 Å². The summed E-state index contributed by atoms with van der Waals surface area (Å²) in [6.07, 6.45) is 3.87. The van der Waals surface area contributed by atoms with Crippen LogP contribution in [0.3, 0.4) is 0 Å². The van der Waals surface area contributed by atoms with Crippen LogP contribution in [0.2, 0.25) is 0 Å². The van der Waals surface area contributed by atoms with E-state index in [1.807, 2.05) is 12.1 Å². The lowest BCUT2D eigenvalue weighted by Gasteiger charge is -2.26. The second-order valence-corrected chi connectivity index (χ2v) is 6.15. The van der Waals surface area contributed by atoms with Gasteiger partial charge in [0.05, 0.1) is 4.47 Å². The Morgan fingerprint density at radius 3 is 2.89 bits per heavy atom. The number of anilines is 1. The van der Waals surface area contributed by atoms with Crippen molar-refractivity contribution in [2.75, 3.05) is 24.5 Å². The monoisotopic (exact) mass is 312 g/mol. The highest BCUT2D eigenvalue weighted by molar-refractivity contribution is 9.10. The first kappa shape index (κ1) is 12.4. The van der Waals surface area contributed by atoms with E-state index in [1.165, 1.54) is 12.8 Å². The number of halogens is 2. The maximum absolute atomic E-state index is 13.3. The lowest BCUT2D eigenvalue weighted by Crippen LogP contribution is -2.39. The van der Waals surface area contributed by atoms with Crippen LogP contribution in [-0.2, 0) is 0 Å². The molecule has 1 unspecified atom stereocenters. The standard InChI is InChI=1S/C14H18BrFN2/c15-12-8-11(4-5-13(12)16)18-7-1-6-17-14(9-18)10-2-3-10/h4-5,8,10,14,17H,1-3,6-7,9H2. The number of hydrogen-bond donors (Lipinski definition) is 1. The lowest BCUT2D eigenvalue weighted by molar-refractivity contribution is 0.490. The van der Waals surface area contributed by atoms with E-state index < -0.39 is 0 Å². The second-order valence-electron chi connectivity index (χ2n) is 5.30. The Morgan fingerprint density at radius 1 is 1.33 bits per heavy atom. The van der Waals surface area contributed by atoms with Gasteiger partial charge in [0.1, 0.15) is 5.82 Å². The van der Waals surface area contributed by atoms with Crippen LogP contribution in [0.4, 0.5) is 10.1 Å². The van der Waals surface area contributed by atoms with Gasteiger partial charge in [-0.3, -0.25) is 0 Å². The number of nitrogens with zero attached hydrogens (tertiary/aromatic N) is 1. The molecule has 2 aliphatic rings. The SMILES string of the molecule is Fc1ccc(N2CCCNC(C3CC3)C2)cc1Br. The molecule has 18 heavy (non-hydrogen) atoms. The third-order valence-electron chi connectivity index (χ3n) is 3.89. The Labute approximate surface area is 116 Å². The van der Waals surface area contributed by atoms with E-state index in [0.717, 1.165) is 37.7 Å². The van der Waals surface area contributed by atoms with Crippen LogP contribution in [0.15, 0.2) is 22.7 Å². The minimum atomic E-state index is -0.189. The molecule has 1 N–H and O–H groups in total. The normalized spacial score (nSPS) is 25.0. The van der Waals surface area contributed by atoms with Crippen molar-refractivity contribution in [3.05, 3.63) is 28.5 Å². The lowest BCUT2D eigenvalue weighted by atomic mass is 10.1. The van der Waals surface area contributed by atoms with Gasteiger partial charge in [0.15, 0.2) is 0 Å². The topological polar surface area (TPSA) is 15.3 Å². The third-order valence-corrected chi connectivity index (χ3v) is 4.50. The molecule has 1 saturated heterocycles. The predicted molar refractivity (Wildman–Crippen MR) is 75.4 cm³/mol. The summed E-state index contributed by atoms with van der Waals surface area (Å²) in [6.45, 7) is 3.19. The Balaban J connectivity index is 1.78. The van der Waals surface area contributed by atoms with Crippen LogP contribution in [0, 0.1) is 11.7 Å². The first-order chi connectivity index (χ1) is 8.74. The van der Waals surface area contributed by atoms with Crippen molar-refractivity contribution in [2.45, 2.75) is 25.3 Å². The molecule has 2 nitrogen and oxygen atoms in total. The summed E-state index contributed by atoms with van der Waals surface area (Å²) in [6, 6.07) is 5.93. The van der Waals surface area contributed by atoms with E-state index in [-0.39, 0.29) is 5.82 Å². The smallest absolute Gasteiger partial charge is 0.137 e. The molecule has 1 saturated carbocycles. The van der Waals surface area contributed by atoms with Gasteiger partial charge in [-0.25, -0.2) is 4.39 Å². The molecule has 0 aromatic heterocycles. The molecule has 1 aliphatic carbocycles. The van der Waals surface area contributed by atoms with Gasteiger partial charge in [-0.2, -0.15) is 0 Å². The molecular weight excluding hydrogens is 295 g/mol. The van der Waals surface area contributed by atoms with Crippen molar-refractivity contribution < 1.29 is 4.39 Å². The molecule has 98 valence electrons. The van der Waals surface area contributed by atoms with Gasteiger partial charge in [-0.1, -0.05) is 0 Å². The largest absolute Gasteiger partial charge is 0.370 e. The van der Waals surface area contributed by atoms with Crippen molar-refractivity contribution in [3.8, 4) is 0 Å². The van der Waals surface area contributed by atoms with Gasteiger partial charge in [0.25, 0.3) is 0 Å². The van der Waals surface area contributed by atoms with Crippen molar-refractivity contribution in [1.29, 1.82) is 0 Å². The summed E-state index contributed by atoms with van der Waals surface area (Å²) in [5.74, 6) is 0.667. The van der Waals surface area contributed by atoms with Crippen molar-refractivity contribution in [1.82, 2.24) is 5.32 Å². The zero-order valence-corrected chi connectivity index (χ0v) is 11.9. The summed E-state index contributed by atoms with van der Waals surface area (Å²) in [5, 5.41) is 3.64. The van der Waals surface area contributed by atoms with Crippen LogP contribution < -0.4 is 10.2 Å². The average molecular weight is 313 g/mol. The van der Waals surface area contributed by atoms with Crippen LogP contribution in [0.25, 0.3) is 0 Å². The molecule has 1 aromatic carbocycles. The summed E-state index contributed by atoms with van der Waals surface area (Å²) < 4.78 is 13.8. The minimum Gasteiger partial charge on any atom is -0.370 e. The molecule has 4 heteroatoms. The Morgan fingerprint density at radius 2 is 2.17 bits per heavy atom. The molecule has 1 aliphatic heterocycles. The number of benzene rings is 1. The van der Waals surface area contributed by atoms with E-state index in [4.69, 9.17) is 0 Å². The molecule has 0 spiro atoms. The number of nitrogens with one attached hydrogen (secondary N) is 1. The van der Waals surface area contributed by atoms with Crippen molar-refractivity contribution >= 4 is 21.6 Å². The van der Waals surface area contributed by atoms with Crippen molar-refractivity contribution in [3.63, 3.8) is 0 Å². The van der Waals surface area contributed by atoms with Crippen LogP contribution in [-0.4, -0.2) is 25.7 Å². The van der Waals surface area contributed by atoms with Crippen LogP contribution in [0.1, 0.15) is 19.3 Å². The fourth-order valence-corrected chi connectivity index (χ4v) is 3.05. The molecule has 2 fully saturated rings. The molecule has 1 atom stereocenters. The first-order valence-corrected chi connectivity index (χ1v) is 7.47. The molecule has 3 rings (SSSR count).